The van der Waals surface area contributed by atoms with Crippen LogP contribution in [0.5, 0.6) is 0 Å². The fourth-order valence-corrected chi connectivity index (χ4v) is 9.30. The number of hydrogen-bond donors (Lipinski definition) is 0. The van der Waals surface area contributed by atoms with Crippen LogP contribution in [0, 0.1) is 46.3 Å². The third kappa shape index (κ3) is 4.39. The fourth-order valence-electron chi connectivity index (χ4n) is 9.30. The SMILES string of the molecule is COC(=O)C[C@@H](C)C1CCC2C3C(CC[C@@]21C)[C@@]1(C)CC[C@@H](OC(C)=O)CC1C[C@H]3OC(C)=O. The molecule has 0 aromatic rings. The minimum atomic E-state index is -0.203. The van der Waals surface area contributed by atoms with E-state index in [1.165, 1.54) is 21.0 Å². The molecule has 10 atom stereocenters. The number of carbonyl (C=O) groups excluding carboxylic acids is 3. The monoisotopic (exact) mass is 476 g/mol. The number of ether oxygens (including phenoxy) is 3. The van der Waals surface area contributed by atoms with E-state index < -0.39 is 0 Å². The van der Waals surface area contributed by atoms with Crippen LogP contribution in [0.4, 0.5) is 0 Å². The Balaban J connectivity index is 1.61. The third-order valence-corrected chi connectivity index (χ3v) is 10.7. The van der Waals surface area contributed by atoms with Crippen LogP contribution >= 0.6 is 0 Å². The highest BCUT2D eigenvalue weighted by molar-refractivity contribution is 5.69. The lowest BCUT2D eigenvalue weighted by atomic mass is 9.43. The Morgan fingerprint density at radius 2 is 1.53 bits per heavy atom. The maximum Gasteiger partial charge on any atom is 0.305 e. The van der Waals surface area contributed by atoms with Gasteiger partial charge in [0.25, 0.3) is 0 Å². The molecule has 0 N–H and O–H groups in total. The summed E-state index contributed by atoms with van der Waals surface area (Å²) in [5.74, 6) is 2.04. The van der Waals surface area contributed by atoms with Gasteiger partial charge in [0.15, 0.2) is 0 Å². The first kappa shape index (κ1) is 25.5. The summed E-state index contributed by atoms with van der Waals surface area (Å²) in [5, 5.41) is 0. The summed E-state index contributed by atoms with van der Waals surface area (Å²) >= 11 is 0. The first-order chi connectivity index (χ1) is 16.0. The molecule has 0 aromatic heterocycles. The van der Waals surface area contributed by atoms with E-state index in [0.717, 1.165) is 51.4 Å². The lowest BCUT2D eigenvalue weighted by Crippen LogP contribution is -2.59. The Morgan fingerprint density at radius 3 is 2.18 bits per heavy atom. The van der Waals surface area contributed by atoms with Gasteiger partial charge in [-0.3, -0.25) is 14.4 Å². The van der Waals surface area contributed by atoms with Crippen molar-refractivity contribution < 1.29 is 28.6 Å². The number of carbonyl (C=O) groups is 3. The second-order valence-electron chi connectivity index (χ2n) is 12.4. The molecule has 0 heterocycles. The zero-order valence-corrected chi connectivity index (χ0v) is 21.9. The minimum Gasteiger partial charge on any atom is -0.469 e. The molecule has 192 valence electrons. The Morgan fingerprint density at radius 1 is 0.882 bits per heavy atom. The third-order valence-electron chi connectivity index (χ3n) is 10.7. The zero-order valence-electron chi connectivity index (χ0n) is 21.9. The van der Waals surface area contributed by atoms with E-state index in [2.05, 4.69) is 20.8 Å². The Hall–Kier alpha value is -1.59. The molecule has 0 aromatic carbocycles. The van der Waals surface area contributed by atoms with Crippen LogP contribution in [0.1, 0.15) is 92.4 Å². The van der Waals surface area contributed by atoms with Crippen molar-refractivity contribution in [1.29, 1.82) is 0 Å². The molecule has 4 rings (SSSR count). The molecule has 0 radical (unpaired) electrons. The second kappa shape index (κ2) is 9.46. The van der Waals surface area contributed by atoms with Gasteiger partial charge in [-0.05, 0) is 91.8 Å². The first-order valence-electron chi connectivity index (χ1n) is 13.4. The van der Waals surface area contributed by atoms with Gasteiger partial charge >= 0.3 is 17.9 Å². The Labute approximate surface area is 204 Å². The molecule has 4 fully saturated rings. The van der Waals surface area contributed by atoms with Crippen molar-refractivity contribution in [1.82, 2.24) is 0 Å². The molecule has 0 amide bonds. The summed E-state index contributed by atoms with van der Waals surface area (Å²) in [4.78, 5) is 35.8. The van der Waals surface area contributed by atoms with Crippen molar-refractivity contribution in [2.75, 3.05) is 7.11 Å². The largest absolute Gasteiger partial charge is 0.469 e. The highest BCUT2D eigenvalue weighted by Gasteiger charge is 2.64. The quantitative estimate of drug-likeness (QED) is 0.395. The lowest BCUT2D eigenvalue weighted by Gasteiger charge is -2.62. The van der Waals surface area contributed by atoms with Crippen molar-refractivity contribution >= 4 is 17.9 Å². The average molecular weight is 477 g/mol. The lowest BCUT2D eigenvalue weighted by molar-refractivity contribution is -0.197. The summed E-state index contributed by atoms with van der Waals surface area (Å²) in [6.07, 6.45) is 8.69. The standard InChI is InChI=1S/C28H44O6/c1-16(13-25(31)32-6)21-7-8-22-26-23(10-12-28(21,22)5)27(4)11-9-20(33-17(2)29)14-19(27)15-24(26)34-18(3)30/h16,19-24,26H,7-15H2,1-6H3/t16-,19?,20-,21?,22?,23?,24-,26?,27+,28-/m1/s1. The van der Waals surface area contributed by atoms with Gasteiger partial charge in [0.05, 0.1) is 7.11 Å². The number of esters is 3. The van der Waals surface area contributed by atoms with Crippen LogP contribution in [0.25, 0.3) is 0 Å². The van der Waals surface area contributed by atoms with Crippen LogP contribution in [0.2, 0.25) is 0 Å². The maximum absolute atomic E-state index is 12.2. The van der Waals surface area contributed by atoms with Crippen LogP contribution in [0.15, 0.2) is 0 Å². The predicted octanol–water partition coefficient (Wildman–Crippen LogP) is 5.32. The minimum absolute atomic E-state index is 0.0195. The normalized spacial score (nSPS) is 44.1. The summed E-state index contributed by atoms with van der Waals surface area (Å²) in [7, 11) is 1.47. The van der Waals surface area contributed by atoms with Gasteiger partial charge in [0.1, 0.15) is 12.2 Å². The van der Waals surface area contributed by atoms with Gasteiger partial charge in [0, 0.05) is 26.2 Å². The maximum atomic E-state index is 12.2. The first-order valence-corrected chi connectivity index (χ1v) is 13.4. The molecular weight excluding hydrogens is 432 g/mol. The van der Waals surface area contributed by atoms with Crippen LogP contribution in [-0.4, -0.2) is 37.2 Å². The predicted molar refractivity (Wildman–Crippen MR) is 128 cm³/mol. The highest BCUT2D eigenvalue weighted by Crippen LogP contribution is 2.68. The van der Waals surface area contributed by atoms with E-state index in [1.807, 2.05) is 0 Å². The molecule has 6 nitrogen and oxygen atoms in total. The van der Waals surface area contributed by atoms with E-state index in [4.69, 9.17) is 14.2 Å². The number of hydrogen-bond acceptors (Lipinski definition) is 6. The molecule has 4 aliphatic rings. The Kier molecular flexibility index (Phi) is 7.10. The molecule has 0 aliphatic heterocycles. The Bertz CT molecular complexity index is 809. The summed E-state index contributed by atoms with van der Waals surface area (Å²) in [6.45, 7) is 10.1. The van der Waals surface area contributed by atoms with Gasteiger partial charge in [-0.1, -0.05) is 20.8 Å². The topological polar surface area (TPSA) is 78.9 Å². The summed E-state index contributed by atoms with van der Waals surface area (Å²) < 4.78 is 16.7. The molecule has 34 heavy (non-hydrogen) atoms. The van der Waals surface area contributed by atoms with E-state index in [-0.39, 0.29) is 46.9 Å². The van der Waals surface area contributed by atoms with Crippen molar-refractivity contribution in [3.8, 4) is 0 Å². The van der Waals surface area contributed by atoms with E-state index >= 15 is 0 Å². The van der Waals surface area contributed by atoms with Gasteiger partial charge < -0.3 is 14.2 Å². The average Bonchev–Trinajstić information content (AvgIpc) is 3.11. The zero-order chi connectivity index (χ0) is 24.8. The smallest absolute Gasteiger partial charge is 0.305 e. The molecule has 0 bridgehead atoms. The van der Waals surface area contributed by atoms with Crippen molar-refractivity contribution in [2.45, 2.75) is 105 Å². The van der Waals surface area contributed by atoms with Gasteiger partial charge in [-0.2, -0.15) is 0 Å². The van der Waals surface area contributed by atoms with Crippen LogP contribution in [0.3, 0.4) is 0 Å². The van der Waals surface area contributed by atoms with Crippen molar-refractivity contribution in [2.24, 2.45) is 46.3 Å². The number of rotatable bonds is 5. The van der Waals surface area contributed by atoms with Gasteiger partial charge in [-0.15, -0.1) is 0 Å². The highest BCUT2D eigenvalue weighted by atomic mass is 16.5. The molecule has 0 saturated heterocycles. The summed E-state index contributed by atoms with van der Waals surface area (Å²) in [6, 6.07) is 0. The number of methoxy groups -OCH3 is 1. The molecular formula is C28H44O6. The van der Waals surface area contributed by atoms with Crippen molar-refractivity contribution in [3.05, 3.63) is 0 Å². The molecule has 4 saturated carbocycles. The molecule has 6 heteroatoms. The molecule has 5 unspecified atom stereocenters. The van der Waals surface area contributed by atoms with Crippen LogP contribution in [-0.2, 0) is 28.6 Å². The van der Waals surface area contributed by atoms with Gasteiger partial charge in [-0.25, -0.2) is 0 Å². The van der Waals surface area contributed by atoms with Crippen LogP contribution < -0.4 is 0 Å². The van der Waals surface area contributed by atoms with Crippen molar-refractivity contribution in [3.63, 3.8) is 0 Å². The molecule has 0 spiro atoms. The van der Waals surface area contributed by atoms with E-state index in [1.54, 1.807) is 0 Å². The summed E-state index contributed by atoms with van der Waals surface area (Å²) in [5.41, 5.74) is 0.347. The number of fused-ring (bicyclic) bond motifs is 5. The van der Waals surface area contributed by atoms with E-state index in [9.17, 15) is 14.4 Å². The molecule has 4 aliphatic carbocycles. The van der Waals surface area contributed by atoms with E-state index in [0.29, 0.717) is 36.0 Å². The second-order valence-corrected chi connectivity index (χ2v) is 12.4. The fraction of sp³-hybridized carbons (Fsp3) is 0.893. The van der Waals surface area contributed by atoms with Gasteiger partial charge in [0.2, 0.25) is 0 Å².